The van der Waals surface area contributed by atoms with E-state index in [0.29, 0.717) is 17.5 Å². The van der Waals surface area contributed by atoms with Crippen molar-refractivity contribution >= 4 is 5.91 Å². The lowest BCUT2D eigenvalue weighted by Crippen LogP contribution is -2.42. The highest BCUT2D eigenvalue weighted by Gasteiger charge is 2.43. The van der Waals surface area contributed by atoms with Crippen LogP contribution < -0.4 is 5.32 Å². The van der Waals surface area contributed by atoms with Gasteiger partial charge in [-0.2, -0.15) is 0 Å². The molecule has 1 heterocycles. The van der Waals surface area contributed by atoms with Crippen LogP contribution in [0.25, 0.3) is 0 Å². The third-order valence-electron chi connectivity index (χ3n) is 4.20. The molecule has 3 heteroatoms. The van der Waals surface area contributed by atoms with Crippen molar-refractivity contribution in [1.29, 1.82) is 0 Å². The Kier molecular flexibility index (Phi) is 2.75. The SMILES string of the molecule is CC(=O)N1CCC(NC(C)C2(C)CC2)C1. The van der Waals surface area contributed by atoms with Gasteiger partial charge in [-0.05, 0) is 31.6 Å². The number of hydrogen-bond acceptors (Lipinski definition) is 2. The van der Waals surface area contributed by atoms with Gasteiger partial charge in [0.25, 0.3) is 0 Å². The van der Waals surface area contributed by atoms with Gasteiger partial charge in [0, 0.05) is 32.1 Å². The number of hydrogen-bond donors (Lipinski definition) is 1. The molecule has 15 heavy (non-hydrogen) atoms. The van der Waals surface area contributed by atoms with Crippen LogP contribution >= 0.6 is 0 Å². The maximum Gasteiger partial charge on any atom is 0.219 e. The fourth-order valence-corrected chi connectivity index (χ4v) is 2.37. The monoisotopic (exact) mass is 210 g/mol. The van der Waals surface area contributed by atoms with Crippen molar-refractivity contribution in [2.24, 2.45) is 5.41 Å². The Morgan fingerprint density at radius 3 is 2.67 bits per heavy atom. The quantitative estimate of drug-likeness (QED) is 0.763. The molecular formula is C12H22N2O. The second-order valence-electron chi connectivity index (χ2n) is 5.49. The molecule has 1 aliphatic carbocycles. The minimum atomic E-state index is 0.213. The van der Waals surface area contributed by atoms with E-state index in [0.717, 1.165) is 19.5 Å². The molecule has 2 unspecified atom stereocenters. The summed E-state index contributed by atoms with van der Waals surface area (Å²) in [7, 11) is 0. The van der Waals surface area contributed by atoms with Crippen LogP contribution in [-0.4, -0.2) is 36.0 Å². The summed E-state index contributed by atoms with van der Waals surface area (Å²) in [5.41, 5.74) is 0.531. The summed E-state index contributed by atoms with van der Waals surface area (Å²) < 4.78 is 0. The fourth-order valence-electron chi connectivity index (χ4n) is 2.37. The molecule has 2 rings (SSSR count). The van der Waals surface area contributed by atoms with E-state index in [4.69, 9.17) is 0 Å². The molecule has 0 bridgehead atoms. The highest BCUT2D eigenvalue weighted by molar-refractivity contribution is 5.73. The zero-order chi connectivity index (χ0) is 11.1. The third-order valence-corrected chi connectivity index (χ3v) is 4.20. The molecule has 1 saturated carbocycles. The Labute approximate surface area is 92.2 Å². The lowest BCUT2D eigenvalue weighted by atomic mass is 10.00. The molecule has 3 nitrogen and oxygen atoms in total. The molecule has 0 spiro atoms. The Balaban J connectivity index is 1.79. The molecule has 0 aromatic carbocycles. The molecule has 1 N–H and O–H groups in total. The summed E-state index contributed by atoms with van der Waals surface area (Å²) in [5, 5.41) is 3.67. The van der Waals surface area contributed by atoms with Crippen LogP contribution in [0.3, 0.4) is 0 Å². The van der Waals surface area contributed by atoms with Crippen LogP contribution in [0.4, 0.5) is 0 Å². The van der Waals surface area contributed by atoms with Gasteiger partial charge >= 0.3 is 0 Å². The first-order chi connectivity index (χ1) is 7.01. The van der Waals surface area contributed by atoms with Crippen molar-refractivity contribution in [2.45, 2.75) is 52.1 Å². The fraction of sp³-hybridized carbons (Fsp3) is 0.917. The predicted octanol–water partition coefficient (Wildman–Crippen LogP) is 1.39. The summed E-state index contributed by atoms with van der Waals surface area (Å²) in [6.07, 6.45) is 3.81. The molecule has 0 aromatic rings. The number of amides is 1. The predicted molar refractivity (Wildman–Crippen MR) is 60.6 cm³/mol. The molecular weight excluding hydrogens is 188 g/mol. The van der Waals surface area contributed by atoms with Crippen molar-refractivity contribution in [3.63, 3.8) is 0 Å². The normalized spacial score (nSPS) is 30.3. The highest BCUT2D eigenvalue weighted by Crippen LogP contribution is 2.48. The Morgan fingerprint density at radius 1 is 1.53 bits per heavy atom. The average Bonchev–Trinajstić information content (AvgIpc) is 2.76. The van der Waals surface area contributed by atoms with Gasteiger partial charge in [-0.25, -0.2) is 0 Å². The van der Waals surface area contributed by atoms with Gasteiger partial charge in [-0.3, -0.25) is 4.79 Å². The zero-order valence-corrected chi connectivity index (χ0v) is 10.0. The lowest BCUT2D eigenvalue weighted by molar-refractivity contribution is -0.127. The van der Waals surface area contributed by atoms with Crippen LogP contribution in [0.1, 0.15) is 40.0 Å². The maximum absolute atomic E-state index is 11.2. The standard InChI is InChI=1S/C12H22N2O/c1-9(12(3)5-6-12)13-11-4-7-14(8-11)10(2)15/h9,11,13H,4-8H2,1-3H3. The lowest BCUT2D eigenvalue weighted by Gasteiger charge is -2.24. The van der Waals surface area contributed by atoms with E-state index in [1.165, 1.54) is 12.8 Å². The third kappa shape index (κ3) is 2.33. The summed E-state index contributed by atoms with van der Waals surface area (Å²) >= 11 is 0. The van der Waals surface area contributed by atoms with E-state index < -0.39 is 0 Å². The Bertz CT molecular complexity index is 260. The van der Waals surface area contributed by atoms with Crippen molar-refractivity contribution in [2.75, 3.05) is 13.1 Å². The second kappa shape index (κ2) is 3.78. The van der Waals surface area contributed by atoms with Gasteiger partial charge in [0.15, 0.2) is 0 Å². The van der Waals surface area contributed by atoms with E-state index in [1.807, 2.05) is 4.90 Å². The van der Waals surface area contributed by atoms with E-state index in [9.17, 15) is 4.79 Å². The second-order valence-corrected chi connectivity index (χ2v) is 5.49. The number of likely N-dealkylation sites (tertiary alicyclic amines) is 1. The average molecular weight is 210 g/mol. The zero-order valence-electron chi connectivity index (χ0n) is 10.0. The minimum Gasteiger partial charge on any atom is -0.341 e. The minimum absolute atomic E-state index is 0.213. The van der Waals surface area contributed by atoms with E-state index in [1.54, 1.807) is 6.92 Å². The number of nitrogens with one attached hydrogen (secondary N) is 1. The molecule has 2 atom stereocenters. The number of nitrogens with zero attached hydrogens (tertiary/aromatic N) is 1. The topological polar surface area (TPSA) is 32.3 Å². The Morgan fingerprint density at radius 2 is 2.20 bits per heavy atom. The summed E-state index contributed by atoms with van der Waals surface area (Å²) in [6.45, 7) is 8.12. The number of carbonyl (C=O) groups is 1. The van der Waals surface area contributed by atoms with Gasteiger partial charge in [-0.1, -0.05) is 6.92 Å². The molecule has 1 saturated heterocycles. The number of carbonyl (C=O) groups excluding carboxylic acids is 1. The van der Waals surface area contributed by atoms with Gasteiger partial charge < -0.3 is 10.2 Å². The molecule has 1 amide bonds. The van der Waals surface area contributed by atoms with Crippen molar-refractivity contribution in [1.82, 2.24) is 10.2 Å². The van der Waals surface area contributed by atoms with Crippen LogP contribution in [0.15, 0.2) is 0 Å². The molecule has 0 aromatic heterocycles. The summed E-state index contributed by atoms with van der Waals surface area (Å²) in [6, 6.07) is 1.11. The first-order valence-corrected chi connectivity index (χ1v) is 6.03. The van der Waals surface area contributed by atoms with Crippen LogP contribution in [-0.2, 0) is 4.79 Å². The maximum atomic E-state index is 11.2. The molecule has 2 fully saturated rings. The molecule has 86 valence electrons. The first kappa shape index (κ1) is 10.9. The van der Waals surface area contributed by atoms with Gasteiger partial charge in [-0.15, -0.1) is 0 Å². The summed E-state index contributed by atoms with van der Waals surface area (Å²) in [4.78, 5) is 13.1. The van der Waals surface area contributed by atoms with Crippen molar-refractivity contribution < 1.29 is 4.79 Å². The van der Waals surface area contributed by atoms with E-state index in [-0.39, 0.29) is 5.91 Å². The first-order valence-electron chi connectivity index (χ1n) is 6.03. The Hall–Kier alpha value is -0.570. The smallest absolute Gasteiger partial charge is 0.219 e. The largest absolute Gasteiger partial charge is 0.341 e. The molecule has 2 aliphatic rings. The van der Waals surface area contributed by atoms with Crippen molar-refractivity contribution in [3.05, 3.63) is 0 Å². The van der Waals surface area contributed by atoms with Gasteiger partial charge in [0.1, 0.15) is 0 Å². The highest BCUT2D eigenvalue weighted by atomic mass is 16.2. The van der Waals surface area contributed by atoms with Crippen LogP contribution in [0.5, 0.6) is 0 Å². The van der Waals surface area contributed by atoms with Gasteiger partial charge in [0.05, 0.1) is 0 Å². The van der Waals surface area contributed by atoms with E-state index in [2.05, 4.69) is 19.2 Å². The summed E-state index contributed by atoms with van der Waals surface area (Å²) in [5.74, 6) is 0.213. The van der Waals surface area contributed by atoms with Crippen molar-refractivity contribution in [3.8, 4) is 0 Å². The van der Waals surface area contributed by atoms with Gasteiger partial charge in [0.2, 0.25) is 5.91 Å². The molecule has 1 aliphatic heterocycles. The van der Waals surface area contributed by atoms with E-state index >= 15 is 0 Å². The van der Waals surface area contributed by atoms with Crippen LogP contribution in [0, 0.1) is 5.41 Å². The number of rotatable bonds is 3. The molecule has 0 radical (unpaired) electrons. The van der Waals surface area contributed by atoms with Crippen LogP contribution in [0.2, 0.25) is 0 Å².